The van der Waals surface area contributed by atoms with E-state index in [0.29, 0.717) is 37.2 Å². The molecule has 1 heterocycles. The molecule has 120 valence electrons. The Morgan fingerprint density at radius 3 is 2.96 bits per heavy atom. The van der Waals surface area contributed by atoms with Crippen molar-refractivity contribution in [1.29, 1.82) is 0 Å². The lowest BCUT2D eigenvalue weighted by Gasteiger charge is -2.16. The Morgan fingerprint density at radius 2 is 2.26 bits per heavy atom. The van der Waals surface area contributed by atoms with E-state index in [9.17, 15) is 0 Å². The maximum Gasteiger partial charge on any atom is 0.272 e. The molecule has 2 aliphatic rings. The van der Waals surface area contributed by atoms with Crippen LogP contribution >= 0.6 is 0 Å². The number of nitrogens with zero attached hydrogens (tertiary/aromatic N) is 2. The largest absolute Gasteiger partial charge is 0.471 e. The molecular weight excluding hydrogens is 292 g/mol. The van der Waals surface area contributed by atoms with Crippen LogP contribution in [0.3, 0.4) is 0 Å². The van der Waals surface area contributed by atoms with Gasteiger partial charge in [-0.2, -0.15) is 0 Å². The van der Waals surface area contributed by atoms with Crippen LogP contribution in [0.15, 0.2) is 28.3 Å². The maximum absolute atomic E-state index is 9.16. The van der Waals surface area contributed by atoms with Crippen LogP contribution in [-0.2, 0) is 16.0 Å². The average Bonchev–Trinajstić information content (AvgIpc) is 3.40. The minimum absolute atomic E-state index is 0.308. The molecule has 0 radical (unpaired) electrons. The number of aliphatic hydroxyl groups excluding tert-OH is 1. The van der Waals surface area contributed by atoms with E-state index in [4.69, 9.17) is 14.7 Å². The number of aryl methyl sites for hydroxylation is 1. The van der Waals surface area contributed by atoms with Gasteiger partial charge in [-0.1, -0.05) is 17.9 Å². The fraction of sp³-hybridized carbons (Fsp3) is 0.444. The standard InChI is InChI=1S/C18H20N2O3/c1-13-2-3-15(7-6-14-4-5-14)10-16(13)11-17(19-12-21)18-20-23-9-8-22-18/h2-3,10,14,21H,4-5,8-9,11-12H2,1H3. The van der Waals surface area contributed by atoms with Gasteiger partial charge in [0.05, 0.1) is 0 Å². The van der Waals surface area contributed by atoms with Crippen molar-refractivity contribution in [2.75, 3.05) is 19.9 Å². The molecule has 1 saturated carbocycles. The van der Waals surface area contributed by atoms with E-state index in [-0.39, 0.29) is 6.73 Å². The molecule has 0 amide bonds. The highest BCUT2D eigenvalue weighted by atomic mass is 16.7. The first-order valence-electron chi connectivity index (χ1n) is 7.84. The summed E-state index contributed by atoms with van der Waals surface area (Å²) in [6, 6.07) is 6.17. The summed E-state index contributed by atoms with van der Waals surface area (Å²) in [5.41, 5.74) is 3.83. The zero-order valence-corrected chi connectivity index (χ0v) is 13.2. The van der Waals surface area contributed by atoms with E-state index in [2.05, 4.69) is 34.1 Å². The van der Waals surface area contributed by atoms with Crippen LogP contribution < -0.4 is 0 Å². The van der Waals surface area contributed by atoms with Crippen molar-refractivity contribution >= 4 is 11.6 Å². The number of benzene rings is 1. The summed E-state index contributed by atoms with van der Waals surface area (Å²) in [5.74, 6) is 7.43. The van der Waals surface area contributed by atoms with E-state index in [0.717, 1.165) is 16.7 Å². The normalized spacial score (nSPS) is 17.5. The zero-order valence-electron chi connectivity index (χ0n) is 13.2. The van der Waals surface area contributed by atoms with Crippen molar-refractivity contribution in [3.63, 3.8) is 0 Å². The molecule has 0 spiro atoms. The lowest BCUT2D eigenvalue weighted by Crippen LogP contribution is -2.26. The fourth-order valence-corrected chi connectivity index (χ4v) is 2.26. The van der Waals surface area contributed by atoms with E-state index in [1.165, 1.54) is 12.8 Å². The Morgan fingerprint density at radius 1 is 1.39 bits per heavy atom. The van der Waals surface area contributed by atoms with E-state index >= 15 is 0 Å². The van der Waals surface area contributed by atoms with Crippen LogP contribution in [0, 0.1) is 24.7 Å². The summed E-state index contributed by atoms with van der Waals surface area (Å²) in [7, 11) is 0. The highest BCUT2D eigenvalue weighted by Crippen LogP contribution is 2.27. The molecule has 5 nitrogen and oxygen atoms in total. The summed E-state index contributed by atoms with van der Waals surface area (Å²) in [4.78, 5) is 9.15. The van der Waals surface area contributed by atoms with E-state index in [1.807, 2.05) is 13.0 Å². The lowest BCUT2D eigenvalue weighted by molar-refractivity contribution is 0.0674. The van der Waals surface area contributed by atoms with Crippen LogP contribution in [0.2, 0.25) is 0 Å². The van der Waals surface area contributed by atoms with E-state index in [1.54, 1.807) is 0 Å². The molecular formula is C18H20N2O3. The van der Waals surface area contributed by atoms with Gasteiger partial charge in [0, 0.05) is 17.9 Å². The third kappa shape index (κ3) is 4.33. The molecule has 0 bridgehead atoms. The molecule has 1 fully saturated rings. The predicted molar refractivity (Wildman–Crippen MR) is 88.3 cm³/mol. The molecule has 0 saturated heterocycles. The minimum Gasteiger partial charge on any atom is -0.471 e. The van der Waals surface area contributed by atoms with Gasteiger partial charge in [-0.25, -0.2) is 0 Å². The highest BCUT2D eigenvalue weighted by molar-refractivity contribution is 6.39. The van der Waals surface area contributed by atoms with E-state index < -0.39 is 0 Å². The summed E-state index contributed by atoms with van der Waals surface area (Å²) in [5, 5.41) is 13.0. The molecule has 0 unspecified atom stereocenters. The van der Waals surface area contributed by atoms with Crippen molar-refractivity contribution in [2.24, 2.45) is 16.1 Å². The van der Waals surface area contributed by atoms with Crippen LogP contribution in [0.4, 0.5) is 0 Å². The second-order valence-corrected chi connectivity index (χ2v) is 5.69. The first kappa shape index (κ1) is 15.6. The molecule has 1 aliphatic carbocycles. The molecule has 23 heavy (non-hydrogen) atoms. The second-order valence-electron chi connectivity index (χ2n) is 5.69. The Balaban J connectivity index is 1.81. The van der Waals surface area contributed by atoms with Crippen LogP contribution in [-0.4, -0.2) is 36.7 Å². The van der Waals surface area contributed by atoms with Gasteiger partial charge in [0.2, 0.25) is 0 Å². The number of hydrogen-bond donors (Lipinski definition) is 1. The monoisotopic (exact) mass is 312 g/mol. The van der Waals surface area contributed by atoms with Crippen LogP contribution in [0.25, 0.3) is 0 Å². The van der Waals surface area contributed by atoms with Crippen molar-refractivity contribution in [1.82, 2.24) is 0 Å². The third-order valence-electron chi connectivity index (χ3n) is 3.77. The molecule has 5 heteroatoms. The summed E-state index contributed by atoms with van der Waals surface area (Å²) >= 11 is 0. The maximum atomic E-state index is 9.16. The van der Waals surface area contributed by atoms with Gasteiger partial charge >= 0.3 is 0 Å². The zero-order chi connectivity index (χ0) is 16.1. The fourth-order valence-electron chi connectivity index (χ4n) is 2.26. The number of oxime groups is 1. The molecule has 1 N–H and O–H groups in total. The predicted octanol–water partition coefficient (Wildman–Crippen LogP) is 2.05. The number of aliphatic imine (C=N–C) groups is 1. The molecule has 0 aromatic heterocycles. The van der Waals surface area contributed by atoms with Crippen molar-refractivity contribution in [2.45, 2.75) is 26.2 Å². The smallest absolute Gasteiger partial charge is 0.272 e. The summed E-state index contributed by atoms with van der Waals surface area (Å²) < 4.78 is 5.48. The molecule has 1 aliphatic heterocycles. The number of hydrogen-bond acceptors (Lipinski definition) is 5. The molecule has 0 atom stereocenters. The van der Waals surface area contributed by atoms with Crippen LogP contribution in [0.1, 0.15) is 29.5 Å². The molecule has 1 aromatic carbocycles. The Bertz CT molecular complexity index is 694. The summed E-state index contributed by atoms with van der Waals surface area (Å²) in [6.07, 6.45) is 2.96. The quantitative estimate of drug-likeness (QED) is 0.683. The van der Waals surface area contributed by atoms with Crippen molar-refractivity contribution in [3.05, 3.63) is 34.9 Å². The van der Waals surface area contributed by atoms with Crippen LogP contribution in [0.5, 0.6) is 0 Å². The minimum atomic E-state index is -0.308. The van der Waals surface area contributed by atoms with Gasteiger partial charge in [0.1, 0.15) is 19.0 Å². The van der Waals surface area contributed by atoms with Gasteiger partial charge in [-0.15, -0.1) is 0 Å². The topological polar surface area (TPSA) is 63.4 Å². The lowest BCUT2D eigenvalue weighted by atomic mass is 10.00. The second kappa shape index (κ2) is 7.30. The first-order valence-corrected chi connectivity index (χ1v) is 7.84. The average molecular weight is 312 g/mol. The molecule has 1 aromatic rings. The molecule has 3 rings (SSSR count). The van der Waals surface area contributed by atoms with Gasteiger partial charge in [-0.05, 0) is 48.2 Å². The SMILES string of the molecule is Cc1ccc(C#CC2CC2)cc1CC(=NCO)C1=NOCCO1. The van der Waals surface area contributed by atoms with Gasteiger partial charge < -0.3 is 14.7 Å². The first-order chi connectivity index (χ1) is 11.3. The Hall–Kier alpha value is -2.32. The van der Waals surface area contributed by atoms with Crippen molar-refractivity contribution < 1.29 is 14.7 Å². The Kier molecular flexibility index (Phi) is 4.94. The van der Waals surface area contributed by atoms with Crippen molar-refractivity contribution in [3.8, 4) is 11.8 Å². The summed E-state index contributed by atoms with van der Waals surface area (Å²) in [6.45, 7) is 2.61. The van der Waals surface area contributed by atoms with Gasteiger partial charge in [-0.3, -0.25) is 4.99 Å². The van der Waals surface area contributed by atoms with Gasteiger partial charge in [0.15, 0.2) is 6.61 Å². The highest BCUT2D eigenvalue weighted by Gasteiger charge is 2.18. The number of ether oxygens (including phenoxy) is 1. The Labute approximate surface area is 136 Å². The van der Waals surface area contributed by atoms with Gasteiger partial charge in [0.25, 0.3) is 5.90 Å². The number of rotatable bonds is 4. The third-order valence-corrected chi connectivity index (χ3v) is 3.77. The number of aliphatic hydroxyl groups is 1.